The van der Waals surface area contributed by atoms with Gasteiger partial charge in [0.25, 0.3) is 11.8 Å². The van der Waals surface area contributed by atoms with Crippen molar-refractivity contribution in [3.8, 4) is 5.75 Å². The number of hydrogen-bond acceptors (Lipinski definition) is 3. The average Bonchev–Trinajstić information content (AvgIpc) is 2.47. The standard InChI is InChI=1S/C15H13ClN2O3/c1-21-9-6-7-10(12(16)8-9)15(20)18-13-5-3-2-4-11(13)14(17)19/h2-8H,1H3,(H2,17,19)(H,18,20). The van der Waals surface area contributed by atoms with Crippen molar-refractivity contribution in [2.45, 2.75) is 0 Å². The maximum Gasteiger partial charge on any atom is 0.257 e. The van der Waals surface area contributed by atoms with Gasteiger partial charge in [-0.2, -0.15) is 0 Å². The number of benzene rings is 2. The summed E-state index contributed by atoms with van der Waals surface area (Å²) in [6.07, 6.45) is 0. The van der Waals surface area contributed by atoms with E-state index in [-0.39, 0.29) is 16.1 Å². The van der Waals surface area contributed by atoms with Gasteiger partial charge in [0.15, 0.2) is 0 Å². The van der Waals surface area contributed by atoms with Gasteiger partial charge < -0.3 is 15.8 Å². The number of methoxy groups -OCH3 is 1. The highest BCUT2D eigenvalue weighted by atomic mass is 35.5. The molecule has 2 aromatic rings. The Balaban J connectivity index is 2.28. The number of anilines is 1. The number of halogens is 1. The topological polar surface area (TPSA) is 81.4 Å². The summed E-state index contributed by atoms with van der Waals surface area (Å²) in [7, 11) is 1.51. The van der Waals surface area contributed by atoms with E-state index in [1.807, 2.05) is 0 Å². The minimum atomic E-state index is -0.619. The van der Waals surface area contributed by atoms with E-state index in [9.17, 15) is 9.59 Å². The van der Waals surface area contributed by atoms with Crippen molar-refractivity contribution >= 4 is 29.1 Å². The number of amides is 2. The van der Waals surface area contributed by atoms with Crippen molar-refractivity contribution in [1.82, 2.24) is 0 Å². The normalized spacial score (nSPS) is 10.0. The van der Waals surface area contributed by atoms with Gasteiger partial charge in [-0.3, -0.25) is 9.59 Å². The lowest BCUT2D eigenvalue weighted by Crippen LogP contribution is -2.18. The van der Waals surface area contributed by atoms with E-state index in [1.165, 1.54) is 19.2 Å². The molecule has 0 fully saturated rings. The first-order valence-electron chi connectivity index (χ1n) is 6.06. The Hall–Kier alpha value is -2.53. The smallest absolute Gasteiger partial charge is 0.257 e. The van der Waals surface area contributed by atoms with E-state index in [1.54, 1.807) is 30.3 Å². The number of carbonyl (C=O) groups excluding carboxylic acids is 2. The molecule has 108 valence electrons. The molecule has 6 heteroatoms. The first-order chi connectivity index (χ1) is 10.0. The zero-order valence-corrected chi connectivity index (χ0v) is 12.0. The number of para-hydroxylation sites is 1. The summed E-state index contributed by atoms with van der Waals surface area (Å²) in [4.78, 5) is 23.5. The van der Waals surface area contributed by atoms with Crippen LogP contribution in [0.4, 0.5) is 5.69 Å². The van der Waals surface area contributed by atoms with Crippen molar-refractivity contribution in [3.05, 3.63) is 58.6 Å². The molecule has 21 heavy (non-hydrogen) atoms. The lowest BCUT2D eigenvalue weighted by molar-refractivity contribution is 0.100. The Morgan fingerprint density at radius 3 is 2.48 bits per heavy atom. The number of nitrogens with two attached hydrogens (primary N) is 1. The molecule has 3 N–H and O–H groups in total. The molecule has 0 heterocycles. The first kappa shape index (κ1) is 14.9. The molecule has 2 amide bonds. The second kappa shape index (κ2) is 6.28. The summed E-state index contributed by atoms with van der Waals surface area (Å²) in [6, 6.07) is 11.2. The SMILES string of the molecule is COc1ccc(C(=O)Nc2ccccc2C(N)=O)c(Cl)c1. The Bertz CT molecular complexity index is 701. The van der Waals surface area contributed by atoms with E-state index in [2.05, 4.69) is 5.32 Å². The number of carbonyl (C=O) groups is 2. The molecule has 2 aromatic carbocycles. The van der Waals surface area contributed by atoms with Crippen molar-refractivity contribution in [2.24, 2.45) is 5.73 Å². The minimum Gasteiger partial charge on any atom is -0.497 e. The number of ether oxygens (including phenoxy) is 1. The van der Waals surface area contributed by atoms with Crippen LogP contribution in [-0.2, 0) is 0 Å². The van der Waals surface area contributed by atoms with E-state index >= 15 is 0 Å². The molecule has 0 aliphatic carbocycles. The van der Waals surface area contributed by atoms with E-state index in [0.717, 1.165) is 0 Å². The van der Waals surface area contributed by atoms with Crippen LogP contribution in [0, 0.1) is 0 Å². The first-order valence-corrected chi connectivity index (χ1v) is 6.44. The highest BCUT2D eigenvalue weighted by molar-refractivity contribution is 6.34. The van der Waals surface area contributed by atoms with Gasteiger partial charge >= 0.3 is 0 Å². The third-order valence-electron chi connectivity index (χ3n) is 2.86. The van der Waals surface area contributed by atoms with Gasteiger partial charge in [0, 0.05) is 0 Å². The van der Waals surface area contributed by atoms with Gasteiger partial charge in [0.2, 0.25) is 0 Å². The third-order valence-corrected chi connectivity index (χ3v) is 3.17. The van der Waals surface area contributed by atoms with Gasteiger partial charge in [0.05, 0.1) is 28.9 Å². The monoisotopic (exact) mass is 304 g/mol. The number of rotatable bonds is 4. The second-order valence-electron chi connectivity index (χ2n) is 4.21. The van der Waals surface area contributed by atoms with E-state index in [0.29, 0.717) is 11.4 Å². The Morgan fingerprint density at radius 1 is 1.14 bits per heavy atom. The van der Waals surface area contributed by atoms with Crippen molar-refractivity contribution < 1.29 is 14.3 Å². The van der Waals surface area contributed by atoms with Crippen LogP contribution in [0.25, 0.3) is 0 Å². The zero-order chi connectivity index (χ0) is 15.4. The van der Waals surface area contributed by atoms with Crippen LogP contribution in [0.5, 0.6) is 5.75 Å². The molecule has 5 nitrogen and oxygen atoms in total. The molecule has 0 bridgehead atoms. The highest BCUT2D eigenvalue weighted by Gasteiger charge is 2.14. The molecule has 0 aliphatic heterocycles. The molecule has 0 saturated carbocycles. The van der Waals surface area contributed by atoms with Crippen molar-refractivity contribution in [3.63, 3.8) is 0 Å². The Morgan fingerprint density at radius 2 is 1.86 bits per heavy atom. The third kappa shape index (κ3) is 3.32. The zero-order valence-electron chi connectivity index (χ0n) is 11.2. The second-order valence-corrected chi connectivity index (χ2v) is 4.62. The lowest BCUT2D eigenvalue weighted by Gasteiger charge is -2.10. The molecule has 0 atom stereocenters. The van der Waals surface area contributed by atoms with Gasteiger partial charge in [-0.25, -0.2) is 0 Å². The summed E-state index contributed by atoms with van der Waals surface area (Å²) in [5, 5.41) is 2.87. The fraction of sp³-hybridized carbons (Fsp3) is 0.0667. The summed E-state index contributed by atoms with van der Waals surface area (Å²) in [5.74, 6) is -0.503. The lowest BCUT2D eigenvalue weighted by atomic mass is 10.1. The van der Waals surface area contributed by atoms with Gasteiger partial charge in [-0.1, -0.05) is 23.7 Å². The maximum atomic E-state index is 12.2. The van der Waals surface area contributed by atoms with Gasteiger partial charge in [-0.15, -0.1) is 0 Å². The van der Waals surface area contributed by atoms with Crippen LogP contribution in [0.2, 0.25) is 5.02 Å². The van der Waals surface area contributed by atoms with Crippen LogP contribution in [0.3, 0.4) is 0 Å². The fourth-order valence-corrected chi connectivity index (χ4v) is 2.06. The summed E-state index contributed by atoms with van der Waals surface area (Å²) < 4.78 is 5.02. The predicted molar refractivity (Wildman–Crippen MR) is 80.9 cm³/mol. The highest BCUT2D eigenvalue weighted by Crippen LogP contribution is 2.24. The van der Waals surface area contributed by atoms with Crippen LogP contribution < -0.4 is 15.8 Å². The van der Waals surface area contributed by atoms with Crippen molar-refractivity contribution in [2.75, 3.05) is 12.4 Å². The van der Waals surface area contributed by atoms with Gasteiger partial charge in [-0.05, 0) is 30.3 Å². The molecule has 0 aliphatic rings. The van der Waals surface area contributed by atoms with E-state index in [4.69, 9.17) is 22.1 Å². The van der Waals surface area contributed by atoms with Crippen molar-refractivity contribution in [1.29, 1.82) is 0 Å². The molecular formula is C15H13ClN2O3. The molecule has 2 rings (SSSR count). The van der Waals surface area contributed by atoms with Gasteiger partial charge in [0.1, 0.15) is 5.75 Å². The van der Waals surface area contributed by atoms with Crippen LogP contribution >= 0.6 is 11.6 Å². The van der Waals surface area contributed by atoms with Crippen LogP contribution in [-0.4, -0.2) is 18.9 Å². The minimum absolute atomic E-state index is 0.232. The molecule has 0 unspecified atom stereocenters. The number of primary amides is 1. The summed E-state index contributed by atoms with van der Waals surface area (Å²) >= 11 is 6.04. The molecule has 0 aromatic heterocycles. The summed E-state index contributed by atoms with van der Waals surface area (Å²) in [6.45, 7) is 0. The molecular weight excluding hydrogens is 292 g/mol. The maximum absolute atomic E-state index is 12.2. The number of hydrogen-bond donors (Lipinski definition) is 2. The van der Waals surface area contributed by atoms with Crippen LogP contribution in [0.1, 0.15) is 20.7 Å². The average molecular weight is 305 g/mol. The summed E-state index contributed by atoms with van der Waals surface area (Å²) in [5.41, 5.74) is 6.11. The van der Waals surface area contributed by atoms with Crippen LogP contribution in [0.15, 0.2) is 42.5 Å². The fourth-order valence-electron chi connectivity index (χ4n) is 1.80. The largest absolute Gasteiger partial charge is 0.497 e. The Labute approximate surface area is 126 Å². The number of nitrogens with one attached hydrogen (secondary N) is 1. The van der Waals surface area contributed by atoms with E-state index < -0.39 is 11.8 Å². The molecule has 0 radical (unpaired) electrons. The predicted octanol–water partition coefficient (Wildman–Crippen LogP) is 2.70. The molecule has 0 spiro atoms. The Kier molecular flexibility index (Phi) is 4.45. The quantitative estimate of drug-likeness (QED) is 0.911. The molecule has 0 saturated heterocycles.